The Bertz CT molecular complexity index is 443. The lowest BCUT2D eigenvalue weighted by Gasteiger charge is -2.10. The highest BCUT2D eigenvalue weighted by molar-refractivity contribution is 5.05. The molecule has 0 radical (unpaired) electrons. The first kappa shape index (κ1) is 11.9. The van der Waals surface area contributed by atoms with E-state index in [1.807, 2.05) is 17.1 Å². The summed E-state index contributed by atoms with van der Waals surface area (Å²) in [7, 11) is 0. The van der Waals surface area contributed by atoms with E-state index in [4.69, 9.17) is 0 Å². The highest BCUT2D eigenvalue weighted by Gasteiger charge is 2.07. The van der Waals surface area contributed by atoms with Crippen LogP contribution in [0.4, 0.5) is 0 Å². The van der Waals surface area contributed by atoms with Crippen molar-refractivity contribution in [1.29, 1.82) is 0 Å². The van der Waals surface area contributed by atoms with Gasteiger partial charge >= 0.3 is 0 Å². The largest absolute Gasteiger partial charge is 0.347 e. The van der Waals surface area contributed by atoms with E-state index in [9.17, 15) is 0 Å². The first-order valence-corrected chi connectivity index (χ1v) is 5.92. The van der Waals surface area contributed by atoms with Crippen molar-refractivity contribution >= 4 is 0 Å². The van der Waals surface area contributed by atoms with E-state index in [1.54, 1.807) is 6.20 Å². The maximum absolute atomic E-state index is 4.31. The summed E-state index contributed by atoms with van der Waals surface area (Å²) in [5.41, 5.74) is 1.19. The van der Waals surface area contributed by atoms with Crippen LogP contribution in [0.15, 0.2) is 24.8 Å². The Balaban J connectivity index is 1.89. The van der Waals surface area contributed by atoms with E-state index in [2.05, 4.69) is 47.4 Å². The maximum atomic E-state index is 4.31. The molecule has 0 saturated carbocycles. The molecule has 0 saturated heterocycles. The van der Waals surface area contributed by atoms with Crippen molar-refractivity contribution in [1.82, 2.24) is 25.1 Å². The average Bonchev–Trinajstić information content (AvgIpc) is 2.97. The standard InChI is InChI=1S/C12H19N5/c1-9(2)17-8-11(7-16-17)6-15-10(3)12-13-4-5-14-12/h4-5,7-10,15H,6H2,1-3H3,(H,13,14). The van der Waals surface area contributed by atoms with Gasteiger partial charge in [0.1, 0.15) is 5.82 Å². The molecule has 2 aromatic heterocycles. The molecular formula is C12H19N5. The Hall–Kier alpha value is -1.62. The van der Waals surface area contributed by atoms with Crippen molar-refractivity contribution in [3.8, 4) is 0 Å². The van der Waals surface area contributed by atoms with E-state index in [0.29, 0.717) is 6.04 Å². The highest BCUT2D eigenvalue weighted by atomic mass is 15.3. The predicted octanol–water partition coefficient (Wildman–Crippen LogP) is 2.04. The zero-order valence-corrected chi connectivity index (χ0v) is 10.5. The van der Waals surface area contributed by atoms with Crippen LogP contribution in [0, 0.1) is 0 Å². The summed E-state index contributed by atoms with van der Waals surface area (Å²) in [6.07, 6.45) is 7.59. The van der Waals surface area contributed by atoms with Crippen LogP contribution in [0.25, 0.3) is 0 Å². The minimum absolute atomic E-state index is 0.215. The van der Waals surface area contributed by atoms with Crippen LogP contribution in [0.2, 0.25) is 0 Å². The van der Waals surface area contributed by atoms with E-state index < -0.39 is 0 Å². The molecule has 0 amide bonds. The quantitative estimate of drug-likeness (QED) is 0.830. The molecule has 17 heavy (non-hydrogen) atoms. The molecule has 5 heteroatoms. The van der Waals surface area contributed by atoms with E-state index in [1.165, 1.54) is 5.56 Å². The van der Waals surface area contributed by atoms with Gasteiger partial charge in [0.05, 0.1) is 12.2 Å². The van der Waals surface area contributed by atoms with Crippen LogP contribution in [-0.4, -0.2) is 19.7 Å². The number of hydrogen-bond donors (Lipinski definition) is 2. The summed E-state index contributed by atoms with van der Waals surface area (Å²) in [5.74, 6) is 0.959. The molecule has 92 valence electrons. The molecule has 5 nitrogen and oxygen atoms in total. The Morgan fingerprint density at radius 3 is 2.82 bits per heavy atom. The second-order valence-corrected chi connectivity index (χ2v) is 4.50. The number of aromatic amines is 1. The fourth-order valence-corrected chi connectivity index (χ4v) is 1.63. The van der Waals surface area contributed by atoms with Crippen LogP contribution >= 0.6 is 0 Å². The van der Waals surface area contributed by atoms with Gasteiger partial charge in [-0.15, -0.1) is 0 Å². The van der Waals surface area contributed by atoms with Gasteiger partial charge in [-0.25, -0.2) is 4.98 Å². The second kappa shape index (κ2) is 5.14. The Morgan fingerprint density at radius 2 is 2.24 bits per heavy atom. The van der Waals surface area contributed by atoms with E-state index in [-0.39, 0.29) is 6.04 Å². The van der Waals surface area contributed by atoms with Gasteiger partial charge in [0.25, 0.3) is 0 Å². The average molecular weight is 233 g/mol. The molecule has 2 aromatic rings. The van der Waals surface area contributed by atoms with Gasteiger partial charge in [-0.1, -0.05) is 0 Å². The molecule has 0 aromatic carbocycles. The van der Waals surface area contributed by atoms with Gasteiger partial charge in [-0.2, -0.15) is 5.10 Å². The normalized spacial score (nSPS) is 13.2. The predicted molar refractivity (Wildman–Crippen MR) is 66.5 cm³/mol. The molecule has 0 aliphatic rings. The number of H-pyrrole nitrogens is 1. The fourth-order valence-electron chi connectivity index (χ4n) is 1.63. The zero-order valence-electron chi connectivity index (χ0n) is 10.5. The van der Waals surface area contributed by atoms with Crippen LogP contribution in [-0.2, 0) is 6.54 Å². The first-order valence-electron chi connectivity index (χ1n) is 5.92. The van der Waals surface area contributed by atoms with Gasteiger partial charge in [0, 0.05) is 36.7 Å². The monoisotopic (exact) mass is 233 g/mol. The smallest absolute Gasteiger partial charge is 0.122 e. The Kier molecular flexibility index (Phi) is 3.58. The lowest BCUT2D eigenvalue weighted by molar-refractivity contribution is 0.528. The van der Waals surface area contributed by atoms with Crippen LogP contribution in [0.5, 0.6) is 0 Å². The van der Waals surface area contributed by atoms with Crippen molar-refractivity contribution in [2.24, 2.45) is 0 Å². The molecule has 2 rings (SSSR count). The molecule has 1 atom stereocenters. The molecule has 0 aliphatic carbocycles. The zero-order chi connectivity index (χ0) is 12.3. The van der Waals surface area contributed by atoms with Gasteiger partial charge in [0.15, 0.2) is 0 Å². The summed E-state index contributed by atoms with van der Waals surface area (Å²) in [4.78, 5) is 7.33. The molecule has 2 N–H and O–H groups in total. The molecule has 1 unspecified atom stereocenters. The van der Waals surface area contributed by atoms with Gasteiger partial charge < -0.3 is 10.3 Å². The van der Waals surface area contributed by atoms with Gasteiger partial charge in [0.2, 0.25) is 0 Å². The number of imidazole rings is 1. The third kappa shape index (κ3) is 2.94. The molecule has 0 bridgehead atoms. The van der Waals surface area contributed by atoms with Crippen molar-refractivity contribution in [2.75, 3.05) is 0 Å². The van der Waals surface area contributed by atoms with Gasteiger partial charge in [-0.05, 0) is 20.8 Å². The summed E-state index contributed by atoms with van der Waals surface area (Å²) in [6, 6.07) is 0.624. The summed E-state index contributed by atoms with van der Waals surface area (Å²) in [5, 5.41) is 7.72. The lowest BCUT2D eigenvalue weighted by atomic mass is 10.3. The van der Waals surface area contributed by atoms with Crippen molar-refractivity contribution in [3.05, 3.63) is 36.2 Å². The number of nitrogens with zero attached hydrogens (tertiary/aromatic N) is 3. The minimum atomic E-state index is 0.215. The summed E-state index contributed by atoms with van der Waals surface area (Å²) < 4.78 is 1.97. The SMILES string of the molecule is CC(NCc1cnn(C(C)C)c1)c1ncc[nH]1. The molecule has 0 fully saturated rings. The number of rotatable bonds is 5. The van der Waals surface area contributed by atoms with Crippen molar-refractivity contribution in [2.45, 2.75) is 39.4 Å². The van der Waals surface area contributed by atoms with Gasteiger partial charge in [-0.3, -0.25) is 4.68 Å². The second-order valence-electron chi connectivity index (χ2n) is 4.50. The summed E-state index contributed by atoms with van der Waals surface area (Å²) in [6.45, 7) is 7.13. The Morgan fingerprint density at radius 1 is 1.41 bits per heavy atom. The van der Waals surface area contributed by atoms with E-state index in [0.717, 1.165) is 12.4 Å². The van der Waals surface area contributed by atoms with Crippen LogP contribution in [0.1, 0.15) is 44.2 Å². The molecule has 2 heterocycles. The van der Waals surface area contributed by atoms with Crippen molar-refractivity contribution < 1.29 is 0 Å². The van der Waals surface area contributed by atoms with Crippen molar-refractivity contribution in [3.63, 3.8) is 0 Å². The Labute approximate surface area is 101 Å². The summed E-state index contributed by atoms with van der Waals surface area (Å²) >= 11 is 0. The minimum Gasteiger partial charge on any atom is -0.347 e. The van der Waals surface area contributed by atoms with E-state index >= 15 is 0 Å². The molecular weight excluding hydrogens is 214 g/mol. The highest BCUT2D eigenvalue weighted by Crippen LogP contribution is 2.09. The number of hydrogen-bond acceptors (Lipinski definition) is 3. The topological polar surface area (TPSA) is 58.5 Å². The van der Waals surface area contributed by atoms with Crippen LogP contribution < -0.4 is 5.32 Å². The third-order valence-corrected chi connectivity index (χ3v) is 2.73. The lowest BCUT2D eigenvalue weighted by Crippen LogP contribution is -2.18. The number of nitrogens with one attached hydrogen (secondary N) is 2. The molecule has 0 spiro atoms. The fraction of sp³-hybridized carbons (Fsp3) is 0.500. The maximum Gasteiger partial charge on any atom is 0.122 e. The number of aromatic nitrogens is 4. The first-order chi connectivity index (χ1) is 8.16. The molecule has 0 aliphatic heterocycles. The third-order valence-electron chi connectivity index (χ3n) is 2.73. The van der Waals surface area contributed by atoms with Crippen LogP contribution in [0.3, 0.4) is 0 Å².